The van der Waals surface area contributed by atoms with E-state index in [0.717, 1.165) is 4.47 Å². The van der Waals surface area contributed by atoms with E-state index in [9.17, 15) is 8.42 Å². The van der Waals surface area contributed by atoms with Crippen molar-refractivity contribution in [3.63, 3.8) is 0 Å². The fourth-order valence-corrected chi connectivity index (χ4v) is 4.46. The molecule has 1 fully saturated rings. The van der Waals surface area contributed by atoms with Gasteiger partial charge in [0, 0.05) is 23.3 Å². The van der Waals surface area contributed by atoms with Gasteiger partial charge >= 0.3 is 0 Å². The van der Waals surface area contributed by atoms with Crippen LogP contribution in [-0.4, -0.2) is 44.0 Å². The van der Waals surface area contributed by atoms with Gasteiger partial charge in [0.15, 0.2) is 0 Å². The molecular formula is C16H17BrN2O4S. The zero-order valence-corrected chi connectivity index (χ0v) is 15.5. The van der Waals surface area contributed by atoms with Crippen molar-refractivity contribution in [1.82, 2.24) is 9.29 Å². The predicted octanol–water partition coefficient (Wildman–Crippen LogP) is 2.69. The Bertz CT molecular complexity index is 811. The van der Waals surface area contributed by atoms with E-state index in [1.54, 1.807) is 36.5 Å². The fraction of sp³-hybridized carbons (Fsp3) is 0.312. The average Bonchev–Trinajstić information content (AvgIpc) is 3.06. The summed E-state index contributed by atoms with van der Waals surface area (Å²) < 4.78 is 38.9. The molecule has 1 aliphatic rings. The van der Waals surface area contributed by atoms with E-state index in [1.807, 2.05) is 6.07 Å². The van der Waals surface area contributed by atoms with Crippen LogP contribution in [0.3, 0.4) is 0 Å². The van der Waals surface area contributed by atoms with E-state index in [0.29, 0.717) is 24.6 Å². The van der Waals surface area contributed by atoms with Gasteiger partial charge in [-0.25, -0.2) is 13.4 Å². The number of benzene rings is 1. The molecule has 1 unspecified atom stereocenters. The first-order valence-corrected chi connectivity index (χ1v) is 9.65. The monoisotopic (exact) mass is 412 g/mol. The molecule has 0 radical (unpaired) electrons. The van der Waals surface area contributed by atoms with E-state index in [2.05, 4.69) is 20.9 Å². The summed E-state index contributed by atoms with van der Waals surface area (Å²) in [6.07, 6.45) is 2.04. The number of para-hydroxylation sites is 1. The van der Waals surface area contributed by atoms with Gasteiger partial charge in [-0.05, 0) is 40.5 Å². The molecule has 3 rings (SSSR count). The van der Waals surface area contributed by atoms with E-state index in [4.69, 9.17) is 9.47 Å². The number of methoxy groups -OCH3 is 1. The van der Waals surface area contributed by atoms with Crippen LogP contribution in [0, 0.1) is 0 Å². The summed E-state index contributed by atoms with van der Waals surface area (Å²) in [5, 5.41) is 0. The Morgan fingerprint density at radius 3 is 2.75 bits per heavy atom. The van der Waals surface area contributed by atoms with Crippen LogP contribution in [0.5, 0.6) is 11.6 Å². The van der Waals surface area contributed by atoms with Crippen molar-refractivity contribution in [3.8, 4) is 11.6 Å². The number of rotatable bonds is 5. The van der Waals surface area contributed by atoms with Gasteiger partial charge in [0.1, 0.15) is 16.7 Å². The first-order chi connectivity index (χ1) is 11.5. The van der Waals surface area contributed by atoms with Crippen LogP contribution in [0.15, 0.2) is 52.0 Å². The third kappa shape index (κ3) is 3.55. The third-order valence-electron chi connectivity index (χ3n) is 3.78. The lowest BCUT2D eigenvalue weighted by molar-refractivity contribution is 0.207. The summed E-state index contributed by atoms with van der Waals surface area (Å²) in [6, 6.07) is 10.2. The highest BCUT2D eigenvalue weighted by atomic mass is 79.9. The van der Waals surface area contributed by atoms with Crippen molar-refractivity contribution >= 4 is 26.0 Å². The first-order valence-electron chi connectivity index (χ1n) is 7.42. The third-order valence-corrected chi connectivity index (χ3v) is 6.16. The highest BCUT2D eigenvalue weighted by molar-refractivity contribution is 9.10. The van der Waals surface area contributed by atoms with E-state index >= 15 is 0 Å². The Labute approximate surface area is 149 Å². The van der Waals surface area contributed by atoms with E-state index in [-0.39, 0.29) is 17.5 Å². The molecule has 2 heterocycles. The number of aromatic nitrogens is 1. The number of halogens is 1. The highest BCUT2D eigenvalue weighted by Gasteiger charge is 2.35. The summed E-state index contributed by atoms with van der Waals surface area (Å²) in [5.41, 5.74) is 0. The van der Waals surface area contributed by atoms with Gasteiger partial charge in [0.2, 0.25) is 15.9 Å². The maximum absolute atomic E-state index is 12.8. The summed E-state index contributed by atoms with van der Waals surface area (Å²) in [7, 11) is -2.15. The van der Waals surface area contributed by atoms with Crippen molar-refractivity contribution in [2.24, 2.45) is 0 Å². The van der Waals surface area contributed by atoms with Crippen LogP contribution in [0.2, 0.25) is 0 Å². The Morgan fingerprint density at radius 1 is 1.25 bits per heavy atom. The molecule has 0 bridgehead atoms. The zero-order chi connectivity index (χ0) is 17.2. The normalized spacial score (nSPS) is 18.5. The number of ether oxygens (including phenoxy) is 2. The molecule has 2 aromatic rings. The summed E-state index contributed by atoms with van der Waals surface area (Å²) in [5.74, 6) is 0.830. The Hall–Kier alpha value is -1.64. The van der Waals surface area contributed by atoms with Gasteiger partial charge in [0.05, 0.1) is 13.7 Å². The van der Waals surface area contributed by atoms with E-state index < -0.39 is 10.0 Å². The summed E-state index contributed by atoms with van der Waals surface area (Å²) >= 11 is 3.32. The van der Waals surface area contributed by atoms with Crippen molar-refractivity contribution in [2.75, 3.05) is 20.2 Å². The second kappa shape index (κ2) is 7.08. The minimum atomic E-state index is -3.61. The molecule has 1 atom stereocenters. The first kappa shape index (κ1) is 17.2. The fourth-order valence-electron chi connectivity index (χ4n) is 2.59. The Balaban J connectivity index is 1.73. The molecule has 0 saturated carbocycles. The van der Waals surface area contributed by atoms with Gasteiger partial charge in [-0.1, -0.05) is 12.1 Å². The van der Waals surface area contributed by atoms with Crippen molar-refractivity contribution < 1.29 is 17.9 Å². The Morgan fingerprint density at radius 2 is 2.04 bits per heavy atom. The molecule has 6 nitrogen and oxygen atoms in total. The van der Waals surface area contributed by atoms with E-state index in [1.165, 1.54) is 11.4 Å². The largest absolute Gasteiger partial charge is 0.495 e. The summed E-state index contributed by atoms with van der Waals surface area (Å²) in [4.78, 5) is 4.33. The number of nitrogens with zero attached hydrogens (tertiary/aromatic N) is 2. The second-order valence-corrected chi connectivity index (χ2v) is 8.18. The molecule has 0 N–H and O–H groups in total. The number of pyridine rings is 1. The maximum Gasteiger partial charge on any atom is 0.246 e. The maximum atomic E-state index is 12.8. The van der Waals surface area contributed by atoms with Gasteiger partial charge in [-0.3, -0.25) is 0 Å². The van der Waals surface area contributed by atoms with Gasteiger partial charge < -0.3 is 9.47 Å². The Kier molecular flexibility index (Phi) is 5.07. The number of sulfonamides is 1. The van der Waals surface area contributed by atoms with Crippen LogP contribution in [0.1, 0.15) is 6.42 Å². The molecule has 1 aromatic carbocycles. The second-order valence-electron chi connectivity index (χ2n) is 5.36. The lowest BCUT2D eigenvalue weighted by Gasteiger charge is -2.18. The lowest BCUT2D eigenvalue weighted by atomic mass is 10.3. The van der Waals surface area contributed by atoms with Crippen LogP contribution in [-0.2, 0) is 10.0 Å². The molecule has 0 amide bonds. The zero-order valence-electron chi connectivity index (χ0n) is 13.1. The van der Waals surface area contributed by atoms with Crippen LogP contribution < -0.4 is 9.47 Å². The average molecular weight is 413 g/mol. The molecular weight excluding hydrogens is 396 g/mol. The lowest BCUT2D eigenvalue weighted by Crippen LogP contribution is -2.31. The van der Waals surface area contributed by atoms with Gasteiger partial charge in [-0.2, -0.15) is 4.31 Å². The smallest absolute Gasteiger partial charge is 0.246 e. The molecule has 24 heavy (non-hydrogen) atoms. The van der Waals surface area contributed by atoms with Crippen molar-refractivity contribution in [3.05, 3.63) is 47.1 Å². The molecule has 128 valence electrons. The SMILES string of the molecule is COc1ccccc1S(=O)(=O)N1CCC(Oc2ccc(Br)cn2)C1. The quantitative estimate of drug-likeness (QED) is 0.754. The van der Waals surface area contributed by atoms with Crippen LogP contribution in [0.25, 0.3) is 0 Å². The molecule has 0 aliphatic carbocycles. The van der Waals surface area contributed by atoms with Crippen LogP contribution >= 0.6 is 15.9 Å². The van der Waals surface area contributed by atoms with Gasteiger partial charge in [0.25, 0.3) is 0 Å². The standard InChI is InChI=1S/C16H17BrN2O4S/c1-22-14-4-2-3-5-15(14)24(20,21)19-9-8-13(11-19)23-16-7-6-12(17)10-18-16/h2-7,10,13H,8-9,11H2,1H3. The van der Waals surface area contributed by atoms with Gasteiger partial charge in [-0.15, -0.1) is 0 Å². The molecule has 1 saturated heterocycles. The molecule has 1 aromatic heterocycles. The molecule has 1 aliphatic heterocycles. The van der Waals surface area contributed by atoms with Crippen molar-refractivity contribution in [2.45, 2.75) is 17.4 Å². The molecule has 8 heteroatoms. The predicted molar refractivity (Wildman–Crippen MR) is 92.7 cm³/mol. The topological polar surface area (TPSA) is 68.7 Å². The number of hydrogen-bond acceptors (Lipinski definition) is 5. The highest BCUT2D eigenvalue weighted by Crippen LogP contribution is 2.29. The van der Waals surface area contributed by atoms with Crippen LogP contribution in [0.4, 0.5) is 0 Å². The van der Waals surface area contributed by atoms with Crippen molar-refractivity contribution in [1.29, 1.82) is 0 Å². The summed E-state index contributed by atoms with van der Waals surface area (Å²) in [6.45, 7) is 0.694. The minimum absolute atomic E-state index is 0.176. The number of hydrogen-bond donors (Lipinski definition) is 0. The molecule has 0 spiro atoms. The minimum Gasteiger partial charge on any atom is -0.495 e.